The van der Waals surface area contributed by atoms with Crippen LogP contribution in [-0.2, 0) is 28.4 Å². The largest absolute Gasteiger partial charge is 0.379 e. The molecule has 0 heterocycles. The Hall–Kier alpha value is 0.557. The van der Waals surface area contributed by atoms with E-state index >= 15 is 0 Å². The molecule has 0 aromatic rings. The molecule has 0 saturated heterocycles. The van der Waals surface area contributed by atoms with Crippen molar-refractivity contribution in [3.8, 4) is 0 Å². The van der Waals surface area contributed by atoms with Crippen LogP contribution in [0.15, 0.2) is 0 Å². The molecular formula is C18H38Cl2O6Si. The quantitative estimate of drug-likeness (QED) is 0.142. The predicted octanol–water partition coefficient (Wildman–Crippen LogP) is 3.83. The minimum Gasteiger partial charge on any atom is -0.379 e. The fraction of sp³-hybridized carbons (Fsp3) is 1.00. The van der Waals surface area contributed by atoms with Crippen molar-refractivity contribution in [2.75, 3.05) is 79.3 Å². The average molecular weight is 449 g/mol. The van der Waals surface area contributed by atoms with Crippen LogP contribution in [0.4, 0.5) is 0 Å². The minimum absolute atomic E-state index is 0.587. The van der Waals surface area contributed by atoms with E-state index in [4.69, 9.17) is 50.6 Å². The maximum atomic E-state index is 6.47. The van der Waals surface area contributed by atoms with Crippen LogP contribution >= 0.6 is 22.2 Å². The highest BCUT2D eigenvalue weighted by Crippen LogP contribution is 2.28. The first-order valence-corrected chi connectivity index (χ1v) is 14.4. The lowest BCUT2D eigenvalue weighted by Crippen LogP contribution is -2.20. The average Bonchev–Trinajstić information content (AvgIpc) is 2.64. The zero-order valence-electron chi connectivity index (χ0n) is 17.0. The zero-order chi connectivity index (χ0) is 20.1. The van der Waals surface area contributed by atoms with Crippen LogP contribution in [-0.4, -0.2) is 86.0 Å². The smallest absolute Gasteiger partial charge is 0.251 e. The summed E-state index contributed by atoms with van der Waals surface area (Å²) < 4.78 is 32.2. The van der Waals surface area contributed by atoms with Gasteiger partial charge >= 0.3 is 0 Å². The first-order chi connectivity index (χ1) is 13.1. The lowest BCUT2D eigenvalue weighted by Gasteiger charge is -2.16. The summed E-state index contributed by atoms with van der Waals surface area (Å²) in [7, 11) is 0. The molecule has 0 rings (SSSR count). The lowest BCUT2D eigenvalue weighted by molar-refractivity contribution is 0.0168. The van der Waals surface area contributed by atoms with Gasteiger partial charge in [0, 0.05) is 26.4 Å². The molecule has 9 heteroatoms. The summed E-state index contributed by atoms with van der Waals surface area (Å²) in [5, 5.41) is 0. The molecule has 0 spiro atoms. The summed E-state index contributed by atoms with van der Waals surface area (Å²) in [6, 6.07) is 1.67. The van der Waals surface area contributed by atoms with E-state index in [0.29, 0.717) is 66.1 Å². The molecule has 164 valence electrons. The molecule has 27 heavy (non-hydrogen) atoms. The first-order valence-electron chi connectivity index (χ1n) is 9.96. The Kier molecular flexibility index (Phi) is 21.7. The molecule has 0 aliphatic carbocycles. The van der Waals surface area contributed by atoms with E-state index in [0.717, 1.165) is 38.1 Å². The van der Waals surface area contributed by atoms with Gasteiger partial charge in [0.05, 0.1) is 52.9 Å². The van der Waals surface area contributed by atoms with Crippen molar-refractivity contribution in [2.24, 2.45) is 0 Å². The molecule has 0 atom stereocenters. The van der Waals surface area contributed by atoms with E-state index in [1.54, 1.807) is 0 Å². The second kappa shape index (κ2) is 21.3. The summed E-state index contributed by atoms with van der Waals surface area (Å²) in [5.41, 5.74) is 0. The predicted molar refractivity (Wildman–Crippen MR) is 113 cm³/mol. The lowest BCUT2D eigenvalue weighted by atomic mass is 10.5. The molecule has 0 aromatic carbocycles. The maximum Gasteiger partial charge on any atom is 0.251 e. The molecule has 0 saturated carbocycles. The Balaban J connectivity index is 3.31. The van der Waals surface area contributed by atoms with Crippen molar-refractivity contribution >= 4 is 28.9 Å². The molecule has 0 aliphatic heterocycles. The SMILES string of the molecule is CCOCCOCCOCCC[Si](Cl)(Cl)CCCOCCOCCOCC. The summed E-state index contributed by atoms with van der Waals surface area (Å²) in [6.45, 7) is 9.35. The number of hydrogen-bond acceptors (Lipinski definition) is 6. The van der Waals surface area contributed by atoms with Crippen LogP contribution in [0.3, 0.4) is 0 Å². The van der Waals surface area contributed by atoms with Gasteiger partial charge in [0.25, 0.3) is 6.69 Å². The Labute approximate surface area is 175 Å². The molecule has 0 amide bonds. The monoisotopic (exact) mass is 448 g/mol. The zero-order valence-corrected chi connectivity index (χ0v) is 19.5. The third-order valence-electron chi connectivity index (χ3n) is 3.56. The van der Waals surface area contributed by atoms with Gasteiger partial charge in [0.2, 0.25) is 0 Å². The van der Waals surface area contributed by atoms with Crippen LogP contribution in [0.25, 0.3) is 0 Å². The second-order valence-electron chi connectivity index (χ2n) is 5.91. The van der Waals surface area contributed by atoms with Crippen molar-refractivity contribution < 1.29 is 28.4 Å². The molecule has 0 unspecified atom stereocenters. The molecule has 6 nitrogen and oxygen atoms in total. The number of rotatable bonds is 22. The Bertz CT molecular complexity index is 275. The molecule has 0 aliphatic rings. The van der Waals surface area contributed by atoms with Gasteiger partial charge < -0.3 is 28.4 Å². The van der Waals surface area contributed by atoms with Gasteiger partial charge in [-0.1, -0.05) is 0 Å². The first kappa shape index (κ1) is 27.6. The van der Waals surface area contributed by atoms with Gasteiger partial charge in [-0.15, -0.1) is 22.2 Å². The van der Waals surface area contributed by atoms with Gasteiger partial charge in [-0.3, -0.25) is 0 Å². The summed E-state index contributed by atoms with van der Waals surface area (Å²) in [5.74, 6) is 0. The fourth-order valence-electron chi connectivity index (χ4n) is 2.16. The van der Waals surface area contributed by atoms with E-state index in [1.807, 2.05) is 13.8 Å². The molecule has 0 fully saturated rings. The van der Waals surface area contributed by atoms with Crippen LogP contribution < -0.4 is 0 Å². The van der Waals surface area contributed by atoms with Crippen molar-refractivity contribution in [2.45, 2.75) is 38.8 Å². The fourth-order valence-corrected chi connectivity index (χ4v) is 5.34. The molecular weight excluding hydrogens is 411 g/mol. The van der Waals surface area contributed by atoms with Gasteiger partial charge in [0.15, 0.2) is 0 Å². The van der Waals surface area contributed by atoms with Gasteiger partial charge in [-0.05, 0) is 38.8 Å². The topological polar surface area (TPSA) is 55.4 Å². The molecule has 0 radical (unpaired) electrons. The number of halogens is 2. The minimum atomic E-state index is -2.20. The molecule has 0 bridgehead atoms. The van der Waals surface area contributed by atoms with E-state index in [1.165, 1.54) is 0 Å². The summed E-state index contributed by atoms with van der Waals surface area (Å²) in [4.78, 5) is 0. The summed E-state index contributed by atoms with van der Waals surface area (Å²) in [6.07, 6.45) is 1.76. The van der Waals surface area contributed by atoms with Crippen LogP contribution in [0, 0.1) is 0 Å². The van der Waals surface area contributed by atoms with Gasteiger partial charge in [0.1, 0.15) is 0 Å². The van der Waals surface area contributed by atoms with Crippen molar-refractivity contribution in [1.82, 2.24) is 0 Å². The standard InChI is InChI=1S/C18H38Cl2O6Si/c1-3-21-9-11-25-15-13-23-7-5-17-27(19,20)18-6-8-24-14-16-26-12-10-22-4-2/h3-18H2,1-2H3. The number of ether oxygens (including phenoxy) is 6. The third kappa shape index (κ3) is 22.7. The highest BCUT2D eigenvalue weighted by atomic mass is 35.7. The highest BCUT2D eigenvalue weighted by molar-refractivity contribution is 7.45. The van der Waals surface area contributed by atoms with Crippen molar-refractivity contribution in [3.63, 3.8) is 0 Å². The Morgan fingerprint density at radius 3 is 1.11 bits per heavy atom. The van der Waals surface area contributed by atoms with Crippen LogP contribution in [0.5, 0.6) is 0 Å². The van der Waals surface area contributed by atoms with Gasteiger partial charge in [-0.2, -0.15) is 0 Å². The third-order valence-corrected chi connectivity index (χ3v) is 8.00. The van der Waals surface area contributed by atoms with Crippen LogP contribution in [0.1, 0.15) is 26.7 Å². The highest BCUT2D eigenvalue weighted by Gasteiger charge is 2.26. The summed E-state index contributed by atoms with van der Waals surface area (Å²) >= 11 is 12.9. The van der Waals surface area contributed by atoms with Crippen LogP contribution in [0.2, 0.25) is 12.1 Å². The normalized spacial score (nSPS) is 12.0. The molecule has 0 aromatic heterocycles. The van der Waals surface area contributed by atoms with E-state index in [-0.39, 0.29) is 0 Å². The van der Waals surface area contributed by atoms with E-state index < -0.39 is 6.69 Å². The van der Waals surface area contributed by atoms with Crippen molar-refractivity contribution in [3.05, 3.63) is 0 Å². The second-order valence-corrected chi connectivity index (χ2v) is 13.5. The maximum absolute atomic E-state index is 6.47. The molecule has 0 N–H and O–H groups in total. The Morgan fingerprint density at radius 1 is 0.481 bits per heavy atom. The van der Waals surface area contributed by atoms with Gasteiger partial charge in [-0.25, -0.2) is 0 Å². The van der Waals surface area contributed by atoms with E-state index in [9.17, 15) is 0 Å². The van der Waals surface area contributed by atoms with E-state index in [2.05, 4.69) is 0 Å². The Morgan fingerprint density at radius 2 is 0.778 bits per heavy atom. The van der Waals surface area contributed by atoms with Crippen molar-refractivity contribution in [1.29, 1.82) is 0 Å². The number of hydrogen-bond donors (Lipinski definition) is 0.